The molecule has 2 aromatic rings. The Bertz CT molecular complexity index is 717. The van der Waals surface area contributed by atoms with Gasteiger partial charge in [0.25, 0.3) is 5.91 Å². The van der Waals surface area contributed by atoms with Gasteiger partial charge < -0.3 is 24.6 Å². The molecule has 140 valence electrons. The number of ether oxygens (including phenoxy) is 1. The third-order valence-electron chi connectivity index (χ3n) is 4.84. The van der Waals surface area contributed by atoms with Gasteiger partial charge in [0.15, 0.2) is 5.60 Å². The molecule has 0 unspecified atom stereocenters. The number of carbonyl (C=O) groups excluding carboxylic acids is 1. The summed E-state index contributed by atoms with van der Waals surface area (Å²) in [5.74, 6) is 0.578. The van der Waals surface area contributed by atoms with Gasteiger partial charge in [-0.2, -0.15) is 0 Å². The standard InChI is InChI=1S/C20H27N3O3/c1-26-18-7-4-6-17(14-18)15-23-12-5-8-20(25,19(23)24)16-21-9-13-22-10-2-3-11-22/h2-4,6-7,10-11,14,21,25H,5,8-9,12-13,15-16H2,1H3/t20-/m0/s1. The van der Waals surface area contributed by atoms with Crippen molar-refractivity contribution in [2.75, 3.05) is 26.7 Å². The predicted molar refractivity (Wildman–Crippen MR) is 99.9 cm³/mol. The lowest BCUT2D eigenvalue weighted by atomic mass is 9.91. The second-order valence-electron chi connectivity index (χ2n) is 6.81. The second-order valence-corrected chi connectivity index (χ2v) is 6.81. The van der Waals surface area contributed by atoms with Gasteiger partial charge in [-0.05, 0) is 42.7 Å². The summed E-state index contributed by atoms with van der Waals surface area (Å²) < 4.78 is 7.31. The van der Waals surface area contributed by atoms with Crippen LogP contribution in [0.15, 0.2) is 48.8 Å². The highest BCUT2D eigenvalue weighted by atomic mass is 16.5. The van der Waals surface area contributed by atoms with Gasteiger partial charge in [-0.25, -0.2) is 0 Å². The summed E-state index contributed by atoms with van der Waals surface area (Å²) in [5, 5.41) is 14.1. The number of aromatic nitrogens is 1. The number of nitrogens with zero attached hydrogens (tertiary/aromatic N) is 2. The van der Waals surface area contributed by atoms with Gasteiger partial charge in [0.1, 0.15) is 5.75 Å². The Morgan fingerprint density at radius 3 is 2.85 bits per heavy atom. The van der Waals surface area contributed by atoms with Gasteiger partial charge in [0.2, 0.25) is 0 Å². The van der Waals surface area contributed by atoms with Crippen LogP contribution in [0.5, 0.6) is 5.75 Å². The molecule has 1 amide bonds. The van der Waals surface area contributed by atoms with Crippen LogP contribution in [0.1, 0.15) is 18.4 Å². The van der Waals surface area contributed by atoms with Crippen LogP contribution >= 0.6 is 0 Å². The Kier molecular flexibility index (Phi) is 5.96. The highest BCUT2D eigenvalue weighted by molar-refractivity contribution is 5.86. The fraction of sp³-hybridized carbons (Fsp3) is 0.450. The summed E-state index contributed by atoms with van der Waals surface area (Å²) in [4.78, 5) is 14.6. The van der Waals surface area contributed by atoms with Gasteiger partial charge in [-0.1, -0.05) is 12.1 Å². The molecular weight excluding hydrogens is 330 g/mol. The number of methoxy groups -OCH3 is 1. The maximum Gasteiger partial charge on any atom is 0.256 e. The molecule has 1 fully saturated rings. The van der Waals surface area contributed by atoms with Gasteiger partial charge in [0, 0.05) is 45.1 Å². The number of likely N-dealkylation sites (tertiary alicyclic amines) is 1. The Labute approximate surface area is 154 Å². The Morgan fingerprint density at radius 2 is 2.08 bits per heavy atom. The van der Waals surface area contributed by atoms with Crippen molar-refractivity contribution in [3.05, 3.63) is 54.4 Å². The van der Waals surface area contributed by atoms with Gasteiger partial charge >= 0.3 is 0 Å². The van der Waals surface area contributed by atoms with E-state index >= 15 is 0 Å². The van der Waals surface area contributed by atoms with Crippen LogP contribution < -0.4 is 10.1 Å². The predicted octanol–water partition coefficient (Wildman–Crippen LogP) is 1.64. The molecule has 0 aliphatic carbocycles. The third-order valence-corrected chi connectivity index (χ3v) is 4.84. The monoisotopic (exact) mass is 357 g/mol. The normalized spacial score (nSPS) is 20.4. The van der Waals surface area contributed by atoms with Crippen LogP contribution in [-0.4, -0.2) is 52.8 Å². The summed E-state index contributed by atoms with van der Waals surface area (Å²) >= 11 is 0. The first-order valence-corrected chi connectivity index (χ1v) is 9.07. The molecule has 1 aromatic carbocycles. The number of rotatable bonds is 8. The fourth-order valence-electron chi connectivity index (χ4n) is 3.39. The van der Waals surface area contributed by atoms with E-state index in [9.17, 15) is 9.90 Å². The third kappa shape index (κ3) is 4.45. The van der Waals surface area contributed by atoms with Crippen LogP contribution in [-0.2, 0) is 17.9 Å². The SMILES string of the molecule is COc1cccc(CN2CCC[C@](O)(CNCCn3cccc3)C2=O)c1. The molecule has 1 atom stereocenters. The number of aliphatic hydroxyl groups is 1. The zero-order chi connectivity index (χ0) is 18.4. The molecular formula is C20H27N3O3. The van der Waals surface area contributed by atoms with E-state index in [2.05, 4.69) is 9.88 Å². The molecule has 1 aromatic heterocycles. The van der Waals surface area contributed by atoms with Crippen molar-refractivity contribution in [3.8, 4) is 5.75 Å². The number of piperidine rings is 1. The number of benzene rings is 1. The maximum absolute atomic E-state index is 12.8. The quantitative estimate of drug-likeness (QED) is 0.705. The first-order valence-electron chi connectivity index (χ1n) is 9.07. The number of hydrogen-bond acceptors (Lipinski definition) is 4. The first-order chi connectivity index (χ1) is 12.6. The van der Waals surface area contributed by atoms with E-state index in [0.717, 1.165) is 24.3 Å². The minimum Gasteiger partial charge on any atom is -0.497 e. The Hall–Kier alpha value is -2.31. The first kappa shape index (κ1) is 18.5. The summed E-state index contributed by atoms with van der Waals surface area (Å²) in [5.41, 5.74) is -0.323. The Morgan fingerprint density at radius 1 is 1.27 bits per heavy atom. The molecule has 6 nitrogen and oxygen atoms in total. The van der Waals surface area contributed by atoms with Crippen molar-refractivity contribution in [2.24, 2.45) is 0 Å². The lowest BCUT2D eigenvalue weighted by Crippen LogP contribution is -2.57. The summed E-state index contributed by atoms with van der Waals surface area (Å²) in [7, 11) is 1.63. The van der Waals surface area contributed by atoms with E-state index in [1.807, 2.05) is 48.8 Å². The maximum atomic E-state index is 12.8. The van der Waals surface area contributed by atoms with Gasteiger partial charge in [0.05, 0.1) is 7.11 Å². The lowest BCUT2D eigenvalue weighted by Gasteiger charge is -2.38. The van der Waals surface area contributed by atoms with Crippen molar-refractivity contribution in [2.45, 2.75) is 31.5 Å². The molecule has 0 radical (unpaired) electrons. The zero-order valence-electron chi connectivity index (χ0n) is 15.2. The summed E-state index contributed by atoms with van der Waals surface area (Å²) in [6, 6.07) is 11.7. The Balaban J connectivity index is 1.55. The average Bonchev–Trinajstić information content (AvgIpc) is 3.17. The molecule has 1 aliphatic rings. The molecule has 1 aliphatic heterocycles. The van der Waals surface area contributed by atoms with Crippen LogP contribution in [0.4, 0.5) is 0 Å². The van der Waals surface area contributed by atoms with Crippen LogP contribution in [0.3, 0.4) is 0 Å². The highest BCUT2D eigenvalue weighted by Gasteiger charge is 2.41. The molecule has 0 saturated carbocycles. The van der Waals surface area contributed by atoms with Crippen molar-refractivity contribution < 1.29 is 14.6 Å². The van der Waals surface area contributed by atoms with Gasteiger partial charge in [-0.15, -0.1) is 0 Å². The highest BCUT2D eigenvalue weighted by Crippen LogP contribution is 2.24. The minimum absolute atomic E-state index is 0.194. The second kappa shape index (κ2) is 8.38. The van der Waals surface area contributed by atoms with Crippen molar-refractivity contribution in [1.82, 2.24) is 14.8 Å². The number of hydrogen-bond donors (Lipinski definition) is 2. The van der Waals surface area contributed by atoms with E-state index in [4.69, 9.17) is 4.74 Å². The molecule has 6 heteroatoms. The molecule has 3 rings (SSSR count). The largest absolute Gasteiger partial charge is 0.497 e. The lowest BCUT2D eigenvalue weighted by molar-refractivity contribution is -0.157. The number of carbonyl (C=O) groups is 1. The number of amides is 1. The zero-order valence-corrected chi connectivity index (χ0v) is 15.2. The van der Waals surface area contributed by atoms with Crippen LogP contribution in [0.25, 0.3) is 0 Å². The van der Waals surface area contributed by atoms with E-state index in [-0.39, 0.29) is 12.5 Å². The number of nitrogens with one attached hydrogen (secondary N) is 1. The average molecular weight is 357 g/mol. The van der Waals surface area contributed by atoms with Crippen molar-refractivity contribution in [3.63, 3.8) is 0 Å². The molecule has 26 heavy (non-hydrogen) atoms. The van der Waals surface area contributed by atoms with Crippen LogP contribution in [0.2, 0.25) is 0 Å². The van der Waals surface area contributed by atoms with Crippen molar-refractivity contribution >= 4 is 5.91 Å². The van der Waals surface area contributed by atoms with E-state index < -0.39 is 5.60 Å². The molecule has 0 bridgehead atoms. The minimum atomic E-state index is -1.33. The summed E-state index contributed by atoms with van der Waals surface area (Å²) in [6.07, 6.45) is 5.29. The molecule has 2 N–H and O–H groups in total. The topological polar surface area (TPSA) is 66.7 Å². The fourth-order valence-corrected chi connectivity index (χ4v) is 3.39. The molecule has 0 spiro atoms. The van der Waals surface area contributed by atoms with Gasteiger partial charge in [-0.3, -0.25) is 4.79 Å². The smallest absolute Gasteiger partial charge is 0.256 e. The van der Waals surface area contributed by atoms with Crippen molar-refractivity contribution in [1.29, 1.82) is 0 Å². The molecule has 1 saturated heterocycles. The van der Waals surface area contributed by atoms with E-state index in [1.54, 1.807) is 12.0 Å². The van der Waals surface area contributed by atoms with E-state index in [1.165, 1.54) is 0 Å². The van der Waals surface area contributed by atoms with Crippen LogP contribution in [0, 0.1) is 0 Å². The van der Waals surface area contributed by atoms with E-state index in [0.29, 0.717) is 26.1 Å². The molecule has 2 heterocycles. The summed E-state index contributed by atoms with van der Waals surface area (Å²) in [6.45, 7) is 2.95.